The van der Waals surface area contributed by atoms with Gasteiger partial charge in [0.1, 0.15) is 13.2 Å². The van der Waals surface area contributed by atoms with E-state index in [1.54, 1.807) is 0 Å². The smallest absolute Gasteiger partial charge is 0.306 e. The highest BCUT2D eigenvalue weighted by molar-refractivity contribution is 5.71. The number of carbonyl (C=O) groups is 3. The van der Waals surface area contributed by atoms with Crippen LogP contribution in [0.5, 0.6) is 0 Å². The van der Waals surface area contributed by atoms with Gasteiger partial charge in [0.05, 0.1) is 0 Å². The van der Waals surface area contributed by atoms with Crippen LogP contribution in [0.2, 0.25) is 0 Å². The summed E-state index contributed by atoms with van der Waals surface area (Å²) in [5.41, 5.74) is 0. The van der Waals surface area contributed by atoms with Crippen molar-refractivity contribution in [2.24, 2.45) is 0 Å². The number of ether oxygens (including phenoxy) is 3. The molecule has 0 amide bonds. The first kappa shape index (κ1) is 60.6. The molecule has 0 aliphatic rings. The average Bonchev–Trinajstić information content (AvgIpc) is 3.29. The summed E-state index contributed by atoms with van der Waals surface area (Å²) in [5, 5.41) is 0. The van der Waals surface area contributed by atoms with E-state index >= 15 is 0 Å². The van der Waals surface area contributed by atoms with Crippen molar-refractivity contribution in [3.63, 3.8) is 0 Å². The van der Waals surface area contributed by atoms with Gasteiger partial charge in [-0.25, -0.2) is 0 Å². The molecule has 0 saturated heterocycles. The fourth-order valence-corrected chi connectivity index (χ4v) is 7.20. The van der Waals surface area contributed by atoms with Crippen molar-refractivity contribution in [2.75, 3.05) is 13.2 Å². The standard InChI is InChI=1S/C58H98O6/c1-4-7-10-13-16-19-22-25-27-28-29-30-31-34-36-39-42-45-48-51-57(60)63-54-55(53-62-56(59)50-47-44-41-38-35-32-24-21-18-15-12-9-6-3)64-58(61)52-49-46-43-40-37-33-26-23-20-17-14-11-8-5-2/h9,12,15-16,18-19,21-22,24-25,32-33,35,37,55H,4-8,10-11,13-14,17,20,23,26-31,34,36,38-54H2,1-3H3/b12-9-,18-15-,19-16-,24-21-,25-22-,35-32-,37-33-. The Hall–Kier alpha value is -3.41. The van der Waals surface area contributed by atoms with Crippen LogP contribution < -0.4 is 0 Å². The molecular formula is C58H98O6. The van der Waals surface area contributed by atoms with Crippen LogP contribution in [0.15, 0.2) is 85.1 Å². The Balaban J connectivity index is 4.42. The number of carbonyl (C=O) groups excluding carboxylic acids is 3. The Kier molecular flexibility index (Phi) is 49.4. The molecule has 6 nitrogen and oxygen atoms in total. The lowest BCUT2D eigenvalue weighted by Crippen LogP contribution is -2.30. The lowest BCUT2D eigenvalue weighted by molar-refractivity contribution is -0.167. The molecular weight excluding hydrogens is 793 g/mol. The van der Waals surface area contributed by atoms with Gasteiger partial charge in [-0.05, 0) is 89.9 Å². The van der Waals surface area contributed by atoms with Gasteiger partial charge in [0.2, 0.25) is 0 Å². The number of allylic oxidation sites excluding steroid dienone is 14. The first-order valence-corrected chi connectivity index (χ1v) is 26.7. The minimum absolute atomic E-state index is 0.0974. The SMILES string of the molecule is CC\C=C/C=C\C=C/C=C\CCCCCC(=O)OCC(COC(=O)CCCCCCCCCCCC/C=C\C=C/CCCCC)OC(=O)CCCCC/C=C\CCCCCCCCC. The maximum Gasteiger partial charge on any atom is 0.306 e. The molecule has 0 N–H and O–H groups in total. The number of unbranched alkanes of at least 4 members (excludes halogenated alkanes) is 26. The molecule has 0 bridgehead atoms. The molecule has 0 aromatic heterocycles. The van der Waals surface area contributed by atoms with Crippen molar-refractivity contribution in [2.45, 2.75) is 252 Å². The predicted octanol–water partition coefficient (Wildman–Crippen LogP) is 17.6. The van der Waals surface area contributed by atoms with Gasteiger partial charge < -0.3 is 14.2 Å². The van der Waals surface area contributed by atoms with Crippen LogP contribution in [0.25, 0.3) is 0 Å². The lowest BCUT2D eigenvalue weighted by Gasteiger charge is -2.18. The van der Waals surface area contributed by atoms with Crippen molar-refractivity contribution in [3.8, 4) is 0 Å². The van der Waals surface area contributed by atoms with Crippen LogP contribution in [0, 0.1) is 0 Å². The third kappa shape index (κ3) is 49.6. The Morgan fingerprint density at radius 1 is 0.328 bits per heavy atom. The van der Waals surface area contributed by atoms with Gasteiger partial charge in [0, 0.05) is 19.3 Å². The van der Waals surface area contributed by atoms with Crippen LogP contribution >= 0.6 is 0 Å². The van der Waals surface area contributed by atoms with Crippen LogP contribution in [0.3, 0.4) is 0 Å². The molecule has 0 heterocycles. The first-order chi connectivity index (χ1) is 31.5. The molecule has 0 rings (SSSR count). The predicted molar refractivity (Wildman–Crippen MR) is 274 cm³/mol. The maximum absolute atomic E-state index is 12.8. The second kappa shape index (κ2) is 52.2. The van der Waals surface area contributed by atoms with Crippen molar-refractivity contribution >= 4 is 17.9 Å². The zero-order chi connectivity index (χ0) is 46.5. The van der Waals surface area contributed by atoms with Crippen molar-refractivity contribution in [3.05, 3.63) is 85.1 Å². The Labute approximate surface area is 395 Å². The van der Waals surface area contributed by atoms with Crippen molar-refractivity contribution < 1.29 is 28.6 Å². The Morgan fingerprint density at radius 3 is 1.06 bits per heavy atom. The fraction of sp³-hybridized carbons (Fsp3) is 0.707. The maximum atomic E-state index is 12.8. The Morgan fingerprint density at radius 2 is 0.625 bits per heavy atom. The van der Waals surface area contributed by atoms with Crippen LogP contribution in [0.4, 0.5) is 0 Å². The van der Waals surface area contributed by atoms with Crippen LogP contribution in [-0.2, 0) is 28.6 Å². The van der Waals surface area contributed by atoms with E-state index in [2.05, 4.69) is 69.4 Å². The zero-order valence-electron chi connectivity index (χ0n) is 41.8. The summed E-state index contributed by atoms with van der Waals surface area (Å²) in [6, 6.07) is 0. The minimum Gasteiger partial charge on any atom is -0.462 e. The van der Waals surface area contributed by atoms with E-state index in [0.717, 1.165) is 83.5 Å². The largest absolute Gasteiger partial charge is 0.462 e. The fourth-order valence-electron chi connectivity index (χ4n) is 7.20. The van der Waals surface area contributed by atoms with Gasteiger partial charge in [-0.3, -0.25) is 14.4 Å². The van der Waals surface area contributed by atoms with Crippen LogP contribution in [0.1, 0.15) is 245 Å². The number of hydrogen-bond donors (Lipinski definition) is 0. The second-order valence-corrected chi connectivity index (χ2v) is 17.5. The number of rotatable bonds is 47. The summed E-state index contributed by atoms with van der Waals surface area (Å²) < 4.78 is 16.8. The Bertz CT molecular complexity index is 1250. The molecule has 366 valence electrons. The third-order valence-corrected chi connectivity index (χ3v) is 11.2. The molecule has 0 aliphatic heterocycles. The highest BCUT2D eigenvalue weighted by Gasteiger charge is 2.19. The summed E-state index contributed by atoms with van der Waals surface area (Å²) in [6.45, 7) is 6.42. The van der Waals surface area contributed by atoms with Crippen molar-refractivity contribution in [1.29, 1.82) is 0 Å². The first-order valence-electron chi connectivity index (χ1n) is 26.7. The highest BCUT2D eigenvalue weighted by Crippen LogP contribution is 2.14. The van der Waals surface area contributed by atoms with Gasteiger partial charge in [-0.15, -0.1) is 0 Å². The van der Waals surface area contributed by atoms with E-state index < -0.39 is 6.10 Å². The zero-order valence-corrected chi connectivity index (χ0v) is 41.8. The molecule has 0 aromatic rings. The topological polar surface area (TPSA) is 78.9 Å². The quantitative estimate of drug-likeness (QED) is 0.0199. The molecule has 0 aliphatic carbocycles. The molecule has 1 unspecified atom stereocenters. The molecule has 0 radical (unpaired) electrons. The third-order valence-electron chi connectivity index (χ3n) is 11.2. The molecule has 64 heavy (non-hydrogen) atoms. The second-order valence-electron chi connectivity index (χ2n) is 17.5. The van der Waals surface area contributed by atoms with Gasteiger partial charge >= 0.3 is 17.9 Å². The van der Waals surface area contributed by atoms with Gasteiger partial charge in [-0.1, -0.05) is 221 Å². The van der Waals surface area contributed by atoms with E-state index in [-0.39, 0.29) is 31.1 Å². The van der Waals surface area contributed by atoms with E-state index in [4.69, 9.17) is 14.2 Å². The van der Waals surface area contributed by atoms with Crippen LogP contribution in [-0.4, -0.2) is 37.2 Å². The molecule has 0 aromatic carbocycles. The molecule has 0 saturated carbocycles. The normalized spacial score (nSPS) is 12.7. The van der Waals surface area contributed by atoms with Gasteiger partial charge in [0.25, 0.3) is 0 Å². The molecule has 1 atom stereocenters. The number of hydrogen-bond acceptors (Lipinski definition) is 6. The van der Waals surface area contributed by atoms with E-state index in [1.807, 2.05) is 36.5 Å². The van der Waals surface area contributed by atoms with E-state index in [0.29, 0.717) is 19.3 Å². The van der Waals surface area contributed by atoms with Gasteiger partial charge in [-0.2, -0.15) is 0 Å². The molecule has 0 spiro atoms. The summed E-state index contributed by atoms with van der Waals surface area (Å²) in [7, 11) is 0. The van der Waals surface area contributed by atoms with Gasteiger partial charge in [0.15, 0.2) is 6.10 Å². The minimum atomic E-state index is -0.801. The monoisotopic (exact) mass is 891 g/mol. The summed E-state index contributed by atoms with van der Waals surface area (Å²) >= 11 is 0. The summed E-state index contributed by atoms with van der Waals surface area (Å²) in [4.78, 5) is 38.0. The number of esters is 3. The summed E-state index contributed by atoms with van der Waals surface area (Å²) in [6.07, 6.45) is 67.1. The van der Waals surface area contributed by atoms with Crippen molar-refractivity contribution in [1.82, 2.24) is 0 Å². The molecule has 6 heteroatoms. The van der Waals surface area contributed by atoms with E-state index in [1.165, 1.54) is 122 Å². The average molecular weight is 891 g/mol. The molecule has 0 fully saturated rings. The lowest BCUT2D eigenvalue weighted by atomic mass is 10.1. The van der Waals surface area contributed by atoms with E-state index in [9.17, 15) is 14.4 Å². The summed E-state index contributed by atoms with van der Waals surface area (Å²) in [5.74, 6) is -0.956. The highest BCUT2D eigenvalue weighted by atomic mass is 16.6.